The van der Waals surface area contributed by atoms with Crippen molar-refractivity contribution in [2.45, 2.75) is 39.0 Å². The van der Waals surface area contributed by atoms with Crippen LogP contribution in [0, 0.1) is 11.8 Å². The molecule has 6 heteroatoms. The van der Waals surface area contributed by atoms with Crippen LogP contribution < -0.4 is 0 Å². The van der Waals surface area contributed by atoms with E-state index in [1.807, 2.05) is 25.5 Å². The summed E-state index contributed by atoms with van der Waals surface area (Å²) < 4.78 is 1.80. The Morgan fingerprint density at radius 1 is 1.12 bits per heavy atom. The molecule has 1 aromatic carbocycles. The van der Waals surface area contributed by atoms with Crippen molar-refractivity contribution in [3.8, 4) is 11.3 Å². The summed E-state index contributed by atoms with van der Waals surface area (Å²) in [5.74, 6) is 1.90. The molecule has 2 unspecified atom stereocenters. The number of hydrogen-bond acceptors (Lipinski definition) is 3. The first kappa shape index (κ1) is 19.5. The predicted octanol–water partition coefficient (Wildman–Crippen LogP) is 5.11. The van der Waals surface area contributed by atoms with Crippen LogP contribution in [0.2, 0.25) is 0 Å². The van der Waals surface area contributed by atoms with Crippen LogP contribution in [0.1, 0.15) is 54.9 Å². The fraction of sp³-hybridized carbons (Fsp3) is 0.423. The van der Waals surface area contributed by atoms with Crippen molar-refractivity contribution in [2.75, 3.05) is 13.1 Å². The summed E-state index contributed by atoms with van der Waals surface area (Å²) in [5.41, 5.74) is 6.16. The van der Waals surface area contributed by atoms with Crippen LogP contribution in [-0.4, -0.2) is 43.6 Å². The van der Waals surface area contributed by atoms with E-state index in [1.165, 1.54) is 24.8 Å². The van der Waals surface area contributed by atoms with Gasteiger partial charge < -0.3 is 9.88 Å². The molecule has 0 bridgehead atoms. The number of aromatic nitrogens is 4. The molecule has 2 atom stereocenters. The highest BCUT2D eigenvalue weighted by Gasteiger charge is 2.38. The Labute approximate surface area is 187 Å². The minimum absolute atomic E-state index is 0.178. The smallest absolute Gasteiger partial charge is 0.253 e. The molecule has 4 heterocycles. The third-order valence-electron chi connectivity index (χ3n) is 7.58. The van der Waals surface area contributed by atoms with Gasteiger partial charge >= 0.3 is 0 Å². The Bertz CT molecular complexity index is 1340. The summed E-state index contributed by atoms with van der Waals surface area (Å²) in [5, 5.41) is 6.57. The van der Waals surface area contributed by atoms with Crippen molar-refractivity contribution in [1.82, 2.24) is 24.6 Å². The van der Waals surface area contributed by atoms with Gasteiger partial charge in [0, 0.05) is 53.8 Å². The van der Waals surface area contributed by atoms with Crippen molar-refractivity contribution < 1.29 is 4.79 Å². The Morgan fingerprint density at radius 2 is 1.91 bits per heavy atom. The van der Waals surface area contributed by atoms with E-state index in [0.29, 0.717) is 17.8 Å². The highest BCUT2D eigenvalue weighted by atomic mass is 16.2. The quantitative estimate of drug-likeness (QED) is 0.494. The monoisotopic (exact) mass is 427 g/mol. The number of pyridine rings is 1. The minimum Gasteiger partial charge on any atom is -0.354 e. The lowest BCUT2D eigenvalue weighted by atomic mass is 9.94. The van der Waals surface area contributed by atoms with E-state index in [0.717, 1.165) is 51.8 Å². The van der Waals surface area contributed by atoms with Crippen LogP contribution in [0.3, 0.4) is 0 Å². The number of nitrogens with zero attached hydrogens (tertiary/aromatic N) is 4. The van der Waals surface area contributed by atoms with Gasteiger partial charge in [-0.2, -0.15) is 5.10 Å². The maximum Gasteiger partial charge on any atom is 0.253 e. The summed E-state index contributed by atoms with van der Waals surface area (Å²) in [6.07, 6.45) is 7.61. The largest absolute Gasteiger partial charge is 0.354 e. The normalized spacial score (nSPS) is 20.7. The molecule has 0 radical (unpaired) electrons. The number of benzene rings is 1. The first-order valence-electron chi connectivity index (χ1n) is 11.7. The van der Waals surface area contributed by atoms with E-state index < -0.39 is 0 Å². The number of aromatic amines is 1. The number of H-pyrrole nitrogens is 1. The zero-order chi connectivity index (χ0) is 22.0. The Morgan fingerprint density at radius 3 is 2.66 bits per heavy atom. The number of aryl methyl sites for hydroxylation is 1. The van der Waals surface area contributed by atoms with Crippen LogP contribution >= 0.6 is 0 Å². The van der Waals surface area contributed by atoms with Crippen molar-refractivity contribution in [1.29, 1.82) is 0 Å². The Balaban J connectivity index is 1.45. The number of amides is 1. The zero-order valence-corrected chi connectivity index (χ0v) is 18.9. The lowest BCUT2D eigenvalue weighted by molar-refractivity contribution is 0.0781. The molecule has 6 rings (SSSR count). The molecule has 2 aliphatic rings. The van der Waals surface area contributed by atoms with Gasteiger partial charge in [-0.3, -0.25) is 9.48 Å². The van der Waals surface area contributed by atoms with Gasteiger partial charge in [0.1, 0.15) is 0 Å². The molecule has 1 saturated carbocycles. The van der Waals surface area contributed by atoms with E-state index in [2.05, 4.69) is 52.0 Å². The standard InChI is InChI=1S/C26H29N5O/c1-15(2)23-20-11-16(26(32)31-13-17-5-4-6-18(17)14-31)7-8-22(20)29-24(23)19-9-10-27-25-21(19)12-28-30(25)3/h7-12,15,17-18,29H,4-6,13-14H2,1-3H3. The Kier molecular flexibility index (Phi) is 4.39. The number of rotatable bonds is 3. The second kappa shape index (κ2) is 7.19. The van der Waals surface area contributed by atoms with Crippen LogP contribution in [0.5, 0.6) is 0 Å². The second-order valence-corrected chi connectivity index (χ2v) is 9.85. The van der Waals surface area contributed by atoms with Crippen LogP contribution in [0.4, 0.5) is 0 Å². The Hall–Kier alpha value is -3.15. The fourth-order valence-corrected chi connectivity index (χ4v) is 6.01. The predicted molar refractivity (Wildman–Crippen MR) is 127 cm³/mol. The van der Waals surface area contributed by atoms with Gasteiger partial charge in [-0.1, -0.05) is 20.3 Å². The molecule has 0 spiro atoms. The molecule has 4 aromatic rings. The topological polar surface area (TPSA) is 66.8 Å². The van der Waals surface area contributed by atoms with E-state index in [-0.39, 0.29) is 5.91 Å². The van der Waals surface area contributed by atoms with Gasteiger partial charge in [0.15, 0.2) is 5.65 Å². The molecular formula is C26H29N5O. The van der Waals surface area contributed by atoms with Gasteiger partial charge in [0.25, 0.3) is 5.91 Å². The van der Waals surface area contributed by atoms with Gasteiger partial charge in [-0.25, -0.2) is 4.98 Å². The lowest BCUT2D eigenvalue weighted by Crippen LogP contribution is -2.29. The first-order valence-corrected chi connectivity index (χ1v) is 11.7. The zero-order valence-electron chi connectivity index (χ0n) is 18.9. The third-order valence-corrected chi connectivity index (χ3v) is 7.58. The molecule has 1 aliphatic heterocycles. The third kappa shape index (κ3) is 2.89. The summed E-state index contributed by atoms with van der Waals surface area (Å²) >= 11 is 0. The summed E-state index contributed by atoms with van der Waals surface area (Å²) in [7, 11) is 1.91. The maximum atomic E-state index is 13.4. The van der Waals surface area contributed by atoms with Crippen LogP contribution in [0.25, 0.3) is 33.2 Å². The molecule has 3 aromatic heterocycles. The molecule has 32 heavy (non-hydrogen) atoms. The fourth-order valence-electron chi connectivity index (χ4n) is 6.01. The maximum absolute atomic E-state index is 13.4. The molecule has 1 amide bonds. The number of carbonyl (C=O) groups is 1. The van der Waals surface area contributed by atoms with Gasteiger partial charge in [0.05, 0.1) is 11.9 Å². The highest BCUT2D eigenvalue weighted by molar-refractivity contribution is 6.03. The molecular weight excluding hydrogens is 398 g/mol. The molecule has 1 saturated heterocycles. The van der Waals surface area contributed by atoms with Gasteiger partial charge in [-0.05, 0) is 60.4 Å². The van der Waals surface area contributed by atoms with Gasteiger partial charge in [-0.15, -0.1) is 0 Å². The molecule has 1 aliphatic carbocycles. The summed E-state index contributed by atoms with van der Waals surface area (Å²) in [6, 6.07) is 8.20. The molecule has 6 nitrogen and oxygen atoms in total. The average molecular weight is 428 g/mol. The van der Waals surface area contributed by atoms with E-state index >= 15 is 0 Å². The first-order chi connectivity index (χ1) is 15.5. The number of hydrogen-bond donors (Lipinski definition) is 1. The van der Waals surface area contributed by atoms with Crippen LogP contribution in [0.15, 0.2) is 36.7 Å². The van der Waals surface area contributed by atoms with Crippen molar-refractivity contribution in [2.24, 2.45) is 18.9 Å². The molecule has 1 N–H and O–H groups in total. The number of fused-ring (bicyclic) bond motifs is 3. The average Bonchev–Trinajstić information content (AvgIpc) is 3.54. The lowest BCUT2D eigenvalue weighted by Gasteiger charge is -2.17. The van der Waals surface area contributed by atoms with Crippen LogP contribution in [-0.2, 0) is 7.05 Å². The summed E-state index contributed by atoms with van der Waals surface area (Å²) in [6.45, 7) is 6.27. The van der Waals surface area contributed by atoms with E-state index in [4.69, 9.17) is 0 Å². The van der Waals surface area contributed by atoms with Crippen molar-refractivity contribution in [3.05, 3.63) is 47.8 Å². The minimum atomic E-state index is 0.178. The number of likely N-dealkylation sites (tertiary alicyclic amines) is 1. The molecule has 2 fully saturated rings. The number of nitrogens with one attached hydrogen (secondary N) is 1. The molecule has 164 valence electrons. The second-order valence-electron chi connectivity index (χ2n) is 9.85. The van der Waals surface area contributed by atoms with Crippen molar-refractivity contribution in [3.63, 3.8) is 0 Å². The van der Waals surface area contributed by atoms with Gasteiger partial charge in [0.2, 0.25) is 0 Å². The van der Waals surface area contributed by atoms with E-state index in [1.54, 1.807) is 4.68 Å². The van der Waals surface area contributed by atoms with E-state index in [9.17, 15) is 4.79 Å². The highest BCUT2D eigenvalue weighted by Crippen LogP contribution is 2.40. The summed E-state index contributed by atoms with van der Waals surface area (Å²) in [4.78, 5) is 23.6. The SMILES string of the molecule is CC(C)c1c(-c2ccnc3c2cnn3C)[nH]c2ccc(C(=O)N3CC4CCCC4C3)cc12. The van der Waals surface area contributed by atoms with Crippen molar-refractivity contribution >= 4 is 27.8 Å². The number of carbonyl (C=O) groups excluding carboxylic acids is 1.